The molecule has 146 valence electrons. The minimum Gasteiger partial charge on any atom is -0.507 e. The second-order valence-corrected chi connectivity index (χ2v) is 10.1. The van der Waals surface area contributed by atoms with E-state index < -0.39 is 5.97 Å². The monoisotopic (exact) mass is 386 g/mol. The van der Waals surface area contributed by atoms with Crippen LogP contribution in [0.2, 0.25) is 0 Å². The molecule has 0 heterocycles. The van der Waals surface area contributed by atoms with Crippen molar-refractivity contribution in [3.05, 3.63) is 58.7 Å². The molecule has 0 radical (unpaired) electrons. The third-order valence-corrected chi connectivity index (χ3v) is 5.53. The molecule has 0 saturated carbocycles. The number of benzene rings is 2. The lowest BCUT2D eigenvalue weighted by Gasteiger charge is -2.28. The Bertz CT molecular complexity index is 774. The summed E-state index contributed by atoms with van der Waals surface area (Å²) in [6, 6.07) is 11.9. The summed E-state index contributed by atoms with van der Waals surface area (Å²) in [5.74, 6) is 0.383. The van der Waals surface area contributed by atoms with Crippen molar-refractivity contribution in [1.29, 1.82) is 0 Å². The number of phenolic OH excluding ortho intramolecular Hbond substituents is 1. The van der Waals surface area contributed by atoms with Crippen molar-refractivity contribution < 1.29 is 15.0 Å². The van der Waals surface area contributed by atoms with E-state index in [1.807, 2.05) is 24.3 Å². The normalized spacial score (nSPS) is 12.2. The van der Waals surface area contributed by atoms with E-state index in [-0.39, 0.29) is 17.3 Å². The first-order chi connectivity index (χ1) is 12.4. The molecule has 0 aliphatic rings. The lowest BCUT2D eigenvalue weighted by atomic mass is 9.79. The Kier molecular flexibility index (Phi) is 6.31. The molecule has 4 heteroatoms. The highest BCUT2D eigenvalue weighted by molar-refractivity contribution is 7.98. The maximum absolute atomic E-state index is 10.8. The summed E-state index contributed by atoms with van der Waals surface area (Å²) in [5.41, 5.74) is 3.62. The molecular formula is C23H30O3S. The minimum atomic E-state index is -0.814. The number of carboxylic acids is 1. The molecule has 2 aromatic carbocycles. The van der Waals surface area contributed by atoms with Crippen LogP contribution in [-0.2, 0) is 27.8 Å². The smallest absolute Gasteiger partial charge is 0.307 e. The Hall–Kier alpha value is -1.94. The van der Waals surface area contributed by atoms with Crippen molar-refractivity contribution in [2.45, 2.75) is 69.4 Å². The highest BCUT2D eigenvalue weighted by Crippen LogP contribution is 2.42. The van der Waals surface area contributed by atoms with E-state index >= 15 is 0 Å². The molecule has 0 unspecified atom stereocenters. The van der Waals surface area contributed by atoms with Crippen LogP contribution < -0.4 is 0 Å². The molecule has 0 fully saturated rings. The SMILES string of the molecule is CC(C)(C)c1cc(SCc2ccc(CC(=O)O)cc2)cc(C(C)(C)C)c1O. The number of hydrogen-bond donors (Lipinski definition) is 2. The van der Waals surface area contributed by atoms with Crippen molar-refractivity contribution in [1.82, 2.24) is 0 Å². The van der Waals surface area contributed by atoms with Gasteiger partial charge in [0, 0.05) is 21.8 Å². The zero-order valence-electron chi connectivity index (χ0n) is 17.1. The fraction of sp³-hybridized carbons (Fsp3) is 0.435. The first-order valence-electron chi connectivity index (χ1n) is 9.18. The number of hydrogen-bond acceptors (Lipinski definition) is 3. The number of aromatic hydroxyl groups is 1. The van der Waals surface area contributed by atoms with E-state index in [4.69, 9.17) is 5.11 Å². The summed E-state index contributed by atoms with van der Waals surface area (Å²) in [7, 11) is 0. The van der Waals surface area contributed by atoms with Gasteiger partial charge in [0.05, 0.1) is 6.42 Å². The van der Waals surface area contributed by atoms with E-state index in [1.165, 1.54) is 0 Å². The Morgan fingerprint density at radius 3 is 1.74 bits per heavy atom. The Balaban J connectivity index is 2.27. The van der Waals surface area contributed by atoms with Gasteiger partial charge < -0.3 is 10.2 Å². The van der Waals surface area contributed by atoms with Crippen LogP contribution >= 0.6 is 11.8 Å². The lowest BCUT2D eigenvalue weighted by molar-refractivity contribution is -0.136. The molecule has 27 heavy (non-hydrogen) atoms. The zero-order chi connectivity index (χ0) is 20.4. The summed E-state index contributed by atoms with van der Waals surface area (Å²) < 4.78 is 0. The van der Waals surface area contributed by atoms with Gasteiger partial charge in [0.2, 0.25) is 0 Å². The topological polar surface area (TPSA) is 57.5 Å². The average molecular weight is 387 g/mol. The van der Waals surface area contributed by atoms with E-state index in [0.717, 1.165) is 32.9 Å². The maximum Gasteiger partial charge on any atom is 0.307 e. The van der Waals surface area contributed by atoms with Crippen LogP contribution in [0.15, 0.2) is 41.3 Å². The largest absolute Gasteiger partial charge is 0.507 e. The Morgan fingerprint density at radius 1 is 0.889 bits per heavy atom. The van der Waals surface area contributed by atoms with Crippen LogP contribution in [0.1, 0.15) is 63.8 Å². The molecule has 0 atom stereocenters. The highest BCUT2D eigenvalue weighted by Gasteiger charge is 2.26. The van der Waals surface area contributed by atoms with Crippen molar-refractivity contribution in [3.63, 3.8) is 0 Å². The van der Waals surface area contributed by atoms with Crippen molar-refractivity contribution in [3.8, 4) is 5.75 Å². The van der Waals surface area contributed by atoms with Gasteiger partial charge in [0.15, 0.2) is 0 Å². The fourth-order valence-corrected chi connectivity index (χ4v) is 3.86. The van der Waals surface area contributed by atoms with Crippen LogP contribution in [0.3, 0.4) is 0 Å². The van der Waals surface area contributed by atoms with Crippen LogP contribution in [0.5, 0.6) is 5.75 Å². The Morgan fingerprint density at radius 2 is 1.33 bits per heavy atom. The third kappa shape index (κ3) is 5.77. The second kappa shape index (κ2) is 7.97. The summed E-state index contributed by atoms with van der Waals surface area (Å²) in [4.78, 5) is 11.9. The zero-order valence-corrected chi connectivity index (χ0v) is 17.9. The summed E-state index contributed by atoms with van der Waals surface area (Å²) >= 11 is 1.74. The molecule has 0 aliphatic heterocycles. The first-order valence-corrected chi connectivity index (χ1v) is 10.2. The average Bonchev–Trinajstić information content (AvgIpc) is 2.52. The Labute approximate surface area is 166 Å². The molecule has 0 aliphatic carbocycles. The lowest BCUT2D eigenvalue weighted by Crippen LogP contribution is -2.17. The number of carbonyl (C=O) groups is 1. The van der Waals surface area contributed by atoms with Crippen LogP contribution in [0.4, 0.5) is 0 Å². The second-order valence-electron chi connectivity index (χ2n) is 9.04. The fourth-order valence-electron chi connectivity index (χ4n) is 2.93. The maximum atomic E-state index is 10.8. The molecule has 0 bridgehead atoms. The van der Waals surface area contributed by atoms with Gasteiger partial charge in [0.1, 0.15) is 5.75 Å². The van der Waals surface area contributed by atoms with Crippen LogP contribution in [0, 0.1) is 0 Å². The molecule has 2 rings (SSSR count). The van der Waals surface area contributed by atoms with E-state index in [0.29, 0.717) is 5.75 Å². The van der Waals surface area contributed by atoms with E-state index in [9.17, 15) is 9.90 Å². The van der Waals surface area contributed by atoms with E-state index in [1.54, 1.807) is 11.8 Å². The number of aliphatic carboxylic acids is 1. The number of rotatable bonds is 5. The van der Waals surface area contributed by atoms with Gasteiger partial charge >= 0.3 is 5.97 Å². The molecule has 0 aromatic heterocycles. The van der Waals surface area contributed by atoms with Gasteiger partial charge in [0.25, 0.3) is 0 Å². The van der Waals surface area contributed by atoms with Crippen LogP contribution in [-0.4, -0.2) is 16.2 Å². The number of phenols is 1. The molecule has 3 nitrogen and oxygen atoms in total. The van der Waals surface area contributed by atoms with Crippen molar-refractivity contribution >= 4 is 17.7 Å². The van der Waals surface area contributed by atoms with Crippen molar-refractivity contribution in [2.75, 3.05) is 0 Å². The third-order valence-electron chi connectivity index (χ3n) is 4.48. The first kappa shape index (κ1) is 21.4. The quantitative estimate of drug-likeness (QED) is 0.628. The molecule has 2 aromatic rings. The van der Waals surface area contributed by atoms with Gasteiger partial charge in [-0.15, -0.1) is 11.8 Å². The van der Waals surface area contributed by atoms with Gasteiger partial charge in [-0.05, 0) is 34.1 Å². The predicted octanol–water partition coefficient (Wildman–Crippen LogP) is 5.91. The predicted molar refractivity (Wildman–Crippen MR) is 113 cm³/mol. The van der Waals surface area contributed by atoms with Gasteiger partial charge in [-0.25, -0.2) is 0 Å². The van der Waals surface area contributed by atoms with Crippen molar-refractivity contribution in [2.24, 2.45) is 0 Å². The van der Waals surface area contributed by atoms with Gasteiger partial charge in [-0.2, -0.15) is 0 Å². The molecule has 0 spiro atoms. The van der Waals surface area contributed by atoms with Gasteiger partial charge in [-0.3, -0.25) is 4.79 Å². The van der Waals surface area contributed by atoms with Gasteiger partial charge in [-0.1, -0.05) is 65.8 Å². The standard InChI is InChI=1S/C23H30O3S/c1-22(2,3)18-12-17(13-19(21(18)26)23(4,5)6)27-14-16-9-7-15(8-10-16)11-20(24)25/h7-10,12-13,26H,11,14H2,1-6H3,(H,24,25). The summed E-state index contributed by atoms with van der Waals surface area (Å²) in [6.07, 6.45) is 0.0509. The molecular weight excluding hydrogens is 356 g/mol. The minimum absolute atomic E-state index is 0.0509. The molecule has 0 amide bonds. The summed E-state index contributed by atoms with van der Waals surface area (Å²) in [5, 5.41) is 19.7. The van der Waals surface area contributed by atoms with E-state index in [2.05, 4.69) is 53.7 Å². The summed E-state index contributed by atoms with van der Waals surface area (Å²) in [6.45, 7) is 12.7. The number of carboxylic acid groups (broad SMARTS) is 1. The molecule has 2 N–H and O–H groups in total. The highest BCUT2D eigenvalue weighted by atomic mass is 32.2. The molecule has 0 saturated heterocycles. The number of thioether (sulfide) groups is 1. The van der Waals surface area contributed by atoms with Crippen LogP contribution in [0.25, 0.3) is 0 Å².